The minimum atomic E-state index is -0.393. The van der Waals surface area contributed by atoms with Gasteiger partial charge in [0.15, 0.2) is 5.78 Å². The molecule has 3 heteroatoms. The van der Waals surface area contributed by atoms with Crippen molar-refractivity contribution >= 4 is 11.5 Å². The van der Waals surface area contributed by atoms with Crippen LogP contribution in [0.25, 0.3) is 0 Å². The number of halogens is 1. The summed E-state index contributed by atoms with van der Waals surface area (Å²) in [6.45, 7) is 0.160. The third kappa shape index (κ3) is 3.14. The lowest BCUT2D eigenvalue weighted by Gasteiger charge is -2.05. The molecule has 0 aliphatic rings. The van der Waals surface area contributed by atoms with Gasteiger partial charge in [0.2, 0.25) is 0 Å². The summed E-state index contributed by atoms with van der Waals surface area (Å²) >= 11 is 0. The predicted molar refractivity (Wildman–Crippen MR) is 65.7 cm³/mol. The van der Waals surface area contributed by atoms with Gasteiger partial charge in [-0.2, -0.15) is 0 Å². The Morgan fingerprint density at radius 2 is 1.82 bits per heavy atom. The number of hydrogen-bond acceptors (Lipinski definition) is 2. The third-order valence-corrected chi connectivity index (χ3v) is 2.37. The number of rotatable bonds is 4. The molecule has 0 aromatic heterocycles. The Labute approximate surface area is 99.1 Å². The maximum Gasteiger partial charge on any atom is 0.181 e. The Morgan fingerprint density at radius 1 is 1.06 bits per heavy atom. The van der Waals surface area contributed by atoms with Gasteiger partial charge in [0.1, 0.15) is 5.82 Å². The number of hydrogen-bond donors (Lipinski definition) is 1. The third-order valence-electron chi connectivity index (χ3n) is 2.37. The minimum Gasteiger partial charge on any atom is -0.378 e. The molecule has 0 spiro atoms. The predicted octanol–water partition coefficient (Wildman–Crippen LogP) is 3.12. The number of ketones is 1. The average molecular weight is 229 g/mol. The first-order valence-corrected chi connectivity index (χ1v) is 5.33. The molecule has 0 unspecified atom stereocenters. The van der Waals surface area contributed by atoms with E-state index in [0.29, 0.717) is 5.56 Å². The van der Waals surface area contributed by atoms with Gasteiger partial charge in [-0.15, -0.1) is 0 Å². The first-order chi connectivity index (χ1) is 8.25. The second-order valence-electron chi connectivity index (χ2n) is 3.65. The maximum atomic E-state index is 12.9. The molecule has 0 saturated heterocycles. The van der Waals surface area contributed by atoms with Crippen LogP contribution in [0.15, 0.2) is 54.6 Å². The van der Waals surface area contributed by atoms with Crippen LogP contribution < -0.4 is 5.32 Å². The zero-order chi connectivity index (χ0) is 12.1. The van der Waals surface area contributed by atoms with Crippen LogP contribution in [0.3, 0.4) is 0 Å². The van der Waals surface area contributed by atoms with Gasteiger partial charge in [0.25, 0.3) is 0 Å². The Bertz CT molecular complexity index is 511. The Kier molecular flexibility index (Phi) is 3.50. The van der Waals surface area contributed by atoms with Crippen LogP contribution in [0, 0.1) is 5.82 Å². The van der Waals surface area contributed by atoms with Crippen molar-refractivity contribution in [2.75, 3.05) is 11.9 Å². The normalized spacial score (nSPS) is 9.94. The monoisotopic (exact) mass is 229 g/mol. The topological polar surface area (TPSA) is 29.1 Å². The van der Waals surface area contributed by atoms with Crippen molar-refractivity contribution in [3.8, 4) is 0 Å². The summed E-state index contributed by atoms with van der Waals surface area (Å²) in [5.74, 6) is -0.524. The van der Waals surface area contributed by atoms with Gasteiger partial charge in [-0.05, 0) is 24.3 Å². The summed E-state index contributed by atoms with van der Waals surface area (Å²) in [6.07, 6.45) is 0. The molecule has 0 atom stereocenters. The van der Waals surface area contributed by atoms with Crippen molar-refractivity contribution in [2.45, 2.75) is 0 Å². The zero-order valence-electron chi connectivity index (χ0n) is 9.19. The molecular formula is C14H12FNO. The van der Waals surface area contributed by atoms with Crippen LogP contribution in [-0.4, -0.2) is 12.3 Å². The van der Waals surface area contributed by atoms with E-state index in [9.17, 15) is 9.18 Å². The SMILES string of the molecule is O=C(CNc1ccccc1)c1cccc(F)c1. The summed E-state index contributed by atoms with van der Waals surface area (Å²) in [6, 6.07) is 15.1. The largest absolute Gasteiger partial charge is 0.378 e. The zero-order valence-corrected chi connectivity index (χ0v) is 9.19. The highest BCUT2D eigenvalue weighted by Crippen LogP contribution is 2.07. The van der Waals surface area contributed by atoms with Crippen molar-refractivity contribution in [1.82, 2.24) is 0 Å². The van der Waals surface area contributed by atoms with Crippen molar-refractivity contribution in [3.05, 3.63) is 66.0 Å². The summed E-state index contributed by atoms with van der Waals surface area (Å²) in [7, 11) is 0. The Balaban J connectivity index is 1.98. The van der Waals surface area contributed by atoms with E-state index in [-0.39, 0.29) is 12.3 Å². The van der Waals surface area contributed by atoms with Gasteiger partial charge < -0.3 is 5.32 Å². The van der Waals surface area contributed by atoms with Gasteiger partial charge in [0.05, 0.1) is 6.54 Å². The van der Waals surface area contributed by atoms with Crippen LogP contribution in [0.5, 0.6) is 0 Å². The van der Waals surface area contributed by atoms with Crippen molar-refractivity contribution in [2.24, 2.45) is 0 Å². The van der Waals surface area contributed by atoms with Crippen molar-refractivity contribution in [1.29, 1.82) is 0 Å². The van der Waals surface area contributed by atoms with E-state index in [1.54, 1.807) is 6.07 Å². The van der Waals surface area contributed by atoms with Gasteiger partial charge in [-0.25, -0.2) is 4.39 Å². The lowest BCUT2D eigenvalue weighted by Crippen LogP contribution is -2.13. The number of carbonyl (C=O) groups excluding carboxylic acids is 1. The molecule has 0 aliphatic carbocycles. The molecule has 0 amide bonds. The van der Waals surface area contributed by atoms with E-state index in [4.69, 9.17) is 0 Å². The molecule has 0 saturated carbocycles. The van der Waals surface area contributed by atoms with Crippen LogP contribution in [-0.2, 0) is 0 Å². The number of para-hydroxylation sites is 1. The molecule has 17 heavy (non-hydrogen) atoms. The van der Waals surface area contributed by atoms with Gasteiger partial charge in [-0.3, -0.25) is 4.79 Å². The maximum absolute atomic E-state index is 12.9. The van der Waals surface area contributed by atoms with Gasteiger partial charge in [0, 0.05) is 11.3 Å². The molecule has 0 aliphatic heterocycles. The van der Waals surface area contributed by atoms with Gasteiger partial charge in [-0.1, -0.05) is 30.3 Å². The fraction of sp³-hybridized carbons (Fsp3) is 0.0714. The fourth-order valence-corrected chi connectivity index (χ4v) is 1.50. The summed E-state index contributed by atoms with van der Waals surface area (Å²) in [5, 5.41) is 2.99. The summed E-state index contributed by atoms with van der Waals surface area (Å²) in [5.41, 5.74) is 1.26. The molecule has 1 N–H and O–H groups in total. The highest BCUT2D eigenvalue weighted by Gasteiger charge is 2.05. The average Bonchev–Trinajstić information content (AvgIpc) is 2.37. The number of benzene rings is 2. The van der Waals surface area contributed by atoms with Crippen molar-refractivity contribution in [3.63, 3.8) is 0 Å². The second-order valence-corrected chi connectivity index (χ2v) is 3.65. The number of carbonyl (C=O) groups is 1. The molecular weight excluding hydrogens is 217 g/mol. The second kappa shape index (κ2) is 5.25. The van der Waals surface area contributed by atoms with E-state index < -0.39 is 5.82 Å². The minimum absolute atomic E-state index is 0.131. The molecule has 2 nitrogen and oxygen atoms in total. The van der Waals surface area contributed by atoms with Crippen LogP contribution in [0.4, 0.5) is 10.1 Å². The van der Waals surface area contributed by atoms with E-state index in [2.05, 4.69) is 5.32 Å². The Morgan fingerprint density at radius 3 is 2.53 bits per heavy atom. The molecule has 0 fully saturated rings. The lowest BCUT2D eigenvalue weighted by molar-refractivity contribution is 0.101. The van der Waals surface area contributed by atoms with E-state index in [1.165, 1.54) is 18.2 Å². The fourth-order valence-electron chi connectivity index (χ4n) is 1.50. The molecule has 86 valence electrons. The van der Waals surface area contributed by atoms with E-state index in [1.807, 2.05) is 30.3 Å². The summed E-state index contributed by atoms with van der Waals surface area (Å²) < 4.78 is 12.9. The quantitative estimate of drug-likeness (QED) is 0.816. The Hall–Kier alpha value is -2.16. The highest BCUT2D eigenvalue weighted by atomic mass is 19.1. The standard InChI is InChI=1S/C14H12FNO/c15-12-6-4-5-11(9-12)14(17)10-16-13-7-2-1-3-8-13/h1-9,16H,10H2. The van der Waals surface area contributed by atoms with Crippen molar-refractivity contribution < 1.29 is 9.18 Å². The van der Waals surface area contributed by atoms with Crippen LogP contribution in [0.1, 0.15) is 10.4 Å². The lowest BCUT2D eigenvalue weighted by atomic mass is 10.1. The smallest absolute Gasteiger partial charge is 0.181 e. The first-order valence-electron chi connectivity index (χ1n) is 5.33. The molecule has 2 aromatic carbocycles. The molecule has 2 aromatic rings. The molecule has 0 bridgehead atoms. The van der Waals surface area contributed by atoms with E-state index in [0.717, 1.165) is 5.69 Å². The number of anilines is 1. The summed E-state index contributed by atoms with van der Waals surface area (Å²) in [4.78, 5) is 11.7. The molecule has 2 rings (SSSR count). The van der Waals surface area contributed by atoms with Gasteiger partial charge >= 0.3 is 0 Å². The van der Waals surface area contributed by atoms with Crippen LogP contribution in [0.2, 0.25) is 0 Å². The number of Topliss-reactive ketones (excluding diaryl/α,β-unsaturated/α-hetero) is 1. The highest BCUT2D eigenvalue weighted by molar-refractivity contribution is 5.98. The number of nitrogens with one attached hydrogen (secondary N) is 1. The van der Waals surface area contributed by atoms with E-state index >= 15 is 0 Å². The molecule has 0 heterocycles. The molecule has 0 radical (unpaired) electrons. The first kappa shape index (κ1) is 11.3. The van der Waals surface area contributed by atoms with Crippen LogP contribution >= 0.6 is 0 Å².